The van der Waals surface area contributed by atoms with Crippen molar-refractivity contribution in [2.24, 2.45) is 11.7 Å². The number of pyridine rings is 1. The van der Waals surface area contributed by atoms with Gasteiger partial charge in [0.25, 0.3) is 0 Å². The molecule has 1 fully saturated rings. The lowest BCUT2D eigenvalue weighted by Crippen LogP contribution is -2.29. The van der Waals surface area contributed by atoms with Crippen LogP contribution < -0.4 is 5.73 Å². The van der Waals surface area contributed by atoms with Crippen molar-refractivity contribution in [3.8, 4) is 0 Å². The van der Waals surface area contributed by atoms with E-state index in [2.05, 4.69) is 4.98 Å². The molecule has 5 nitrogen and oxygen atoms in total. The molecule has 2 heterocycles. The van der Waals surface area contributed by atoms with E-state index in [9.17, 15) is 8.42 Å². The van der Waals surface area contributed by atoms with Crippen LogP contribution >= 0.6 is 0 Å². The summed E-state index contributed by atoms with van der Waals surface area (Å²) in [4.78, 5) is 4.12. The van der Waals surface area contributed by atoms with Crippen LogP contribution in [0.4, 0.5) is 0 Å². The summed E-state index contributed by atoms with van der Waals surface area (Å²) in [6.07, 6.45) is 4.75. The molecule has 1 atom stereocenters. The molecule has 0 aromatic carbocycles. The minimum absolute atomic E-state index is 0.272. The molecule has 0 bridgehead atoms. The minimum atomic E-state index is -3.36. The summed E-state index contributed by atoms with van der Waals surface area (Å²) in [5, 5.41) is 0. The van der Waals surface area contributed by atoms with E-state index in [1.165, 1.54) is 10.5 Å². The molecular formula is C11H17N3O2S. The Kier molecular flexibility index (Phi) is 3.76. The largest absolute Gasteiger partial charge is 0.330 e. The Bertz CT molecular complexity index is 461. The van der Waals surface area contributed by atoms with Crippen molar-refractivity contribution >= 4 is 10.0 Å². The van der Waals surface area contributed by atoms with Crippen LogP contribution in [0.3, 0.4) is 0 Å². The summed E-state index contributed by atoms with van der Waals surface area (Å²) in [5.74, 6) is 0.395. The zero-order chi connectivity index (χ0) is 12.3. The molecule has 0 saturated carbocycles. The van der Waals surface area contributed by atoms with Gasteiger partial charge in [0.05, 0.1) is 0 Å². The standard InChI is InChI=1S/C11H17N3O2S/c12-5-3-10-4-7-14(9-10)17(15,16)11-2-1-6-13-8-11/h1-2,6,8,10H,3-5,7,9,12H2. The Balaban J connectivity index is 2.13. The summed E-state index contributed by atoms with van der Waals surface area (Å²) in [7, 11) is -3.36. The molecule has 94 valence electrons. The first kappa shape index (κ1) is 12.5. The molecule has 1 saturated heterocycles. The summed E-state index contributed by atoms with van der Waals surface area (Å²) < 4.78 is 26.0. The Labute approximate surface area is 102 Å². The van der Waals surface area contributed by atoms with Gasteiger partial charge in [0.2, 0.25) is 10.0 Å². The monoisotopic (exact) mass is 255 g/mol. The van der Waals surface area contributed by atoms with Gasteiger partial charge in [-0.15, -0.1) is 0 Å². The number of sulfonamides is 1. The van der Waals surface area contributed by atoms with E-state index in [-0.39, 0.29) is 4.90 Å². The lowest BCUT2D eigenvalue weighted by Gasteiger charge is -2.16. The second-order valence-corrected chi connectivity index (χ2v) is 6.22. The number of aromatic nitrogens is 1. The Hall–Kier alpha value is -0.980. The van der Waals surface area contributed by atoms with Gasteiger partial charge in [0.15, 0.2) is 0 Å². The smallest absolute Gasteiger partial charge is 0.244 e. The molecule has 2 N–H and O–H groups in total. The van der Waals surface area contributed by atoms with Crippen LogP contribution in [0, 0.1) is 5.92 Å². The molecule has 0 spiro atoms. The van der Waals surface area contributed by atoms with E-state index >= 15 is 0 Å². The molecular weight excluding hydrogens is 238 g/mol. The maximum Gasteiger partial charge on any atom is 0.244 e. The fourth-order valence-corrected chi connectivity index (χ4v) is 3.63. The summed E-state index contributed by atoms with van der Waals surface area (Å²) in [6, 6.07) is 3.22. The highest BCUT2D eigenvalue weighted by Gasteiger charge is 2.31. The quantitative estimate of drug-likeness (QED) is 0.847. The van der Waals surface area contributed by atoms with Gasteiger partial charge < -0.3 is 5.73 Å². The van der Waals surface area contributed by atoms with Crippen LogP contribution in [-0.4, -0.2) is 37.3 Å². The molecule has 1 aromatic heterocycles. The van der Waals surface area contributed by atoms with Gasteiger partial charge in [-0.2, -0.15) is 4.31 Å². The Morgan fingerprint density at radius 1 is 1.53 bits per heavy atom. The Morgan fingerprint density at radius 3 is 3.00 bits per heavy atom. The normalized spacial score (nSPS) is 21.8. The maximum absolute atomic E-state index is 12.2. The van der Waals surface area contributed by atoms with Gasteiger partial charge in [0.1, 0.15) is 4.90 Å². The first-order valence-electron chi connectivity index (χ1n) is 5.75. The average Bonchev–Trinajstić information content (AvgIpc) is 2.80. The molecule has 1 aliphatic heterocycles. The number of hydrogen-bond donors (Lipinski definition) is 1. The van der Waals surface area contributed by atoms with Crippen molar-refractivity contribution in [3.63, 3.8) is 0 Å². The molecule has 0 aliphatic carbocycles. The highest BCUT2D eigenvalue weighted by molar-refractivity contribution is 7.89. The van der Waals surface area contributed by atoms with Crippen LogP contribution in [-0.2, 0) is 10.0 Å². The van der Waals surface area contributed by atoms with Crippen molar-refractivity contribution in [2.45, 2.75) is 17.7 Å². The number of nitrogens with two attached hydrogens (primary N) is 1. The third kappa shape index (κ3) is 2.65. The fourth-order valence-electron chi connectivity index (χ4n) is 2.14. The third-order valence-electron chi connectivity index (χ3n) is 3.10. The number of nitrogens with zero attached hydrogens (tertiary/aromatic N) is 2. The highest BCUT2D eigenvalue weighted by atomic mass is 32.2. The van der Waals surface area contributed by atoms with Crippen LogP contribution in [0.5, 0.6) is 0 Å². The van der Waals surface area contributed by atoms with E-state index in [1.54, 1.807) is 18.3 Å². The van der Waals surface area contributed by atoms with E-state index < -0.39 is 10.0 Å². The molecule has 1 unspecified atom stereocenters. The SMILES string of the molecule is NCCC1CCN(S(=O)(=O)c2cccnc2)C1. The first-order valence-corrected chi connectivity index (χ1v) is 7.19. The van der Waals surface area contributed by atoms with E-state index in [0.717, 1.165) is 12.8 Å². The van der Waals surface area contributed by atoms with E-state index in [1.807, 2.05) is 0 Å². The van der Waals surface area contributed by atoms with Crippen molar-refractivity contribution < 1.29 is 8.42 Å². The van der Waals surface area contributed by atoms with Crippen LogP contribution in [0.15, 0.2) is 29.4 Å². The molecule has 17 heavy (non-hydrogen) atoms. The molecule has 0 amide bonds. The van der Waals surface area contributed by atoms with E-state index in [0.29, 0.717) is 25.6 Å². The molecule has 1 aliphatic rings. The van der Waals surface area contributed by atoms with Crippen molar-refractivity contribution in [3.05, 3.63) is 24.5 Å². The van der Waals surface area contributed by atoms with Gasteiger partial charge in [-0.25, -0.2) is 8.42 Å². The summed E-state index contributed by atoms with van der Waals surface area (Å²) in [6.45, 7) is 1.78. The van der Waals surface area contributed by atoms with Gasteiger partial charge in [-0.1, -0.05) is 0 Å². The van der Waals surface area contributed by atoms with Crippen molar-refractivity contribution in [2.75, 3.05) is 19.6 Å². The van der Waals surface area contributed by atoms with Crippen LogP contribution in [0.25, 0.3) is 0 Å². The van der Waals surface area contributed by atoms with Crippen LogP contribution in [0.1, 0.15) is 12.8 Å². The van der Waals surface area contributed by atoms with Gasteiger partial charge in [0, 0.05) is 25.5 Å². The average molecular weight is 255 g/mol. The van der Waals surface area contributed by atoms with Crippen molar-refractivity contribution in [1.29, 1.82) is 0 Å². The van der Waals surface area contributed by atoms with Crippen molar-refractivity contribution in [1.82, 2.24) is 9.29 Å². The zero-order valence-corrected chi connectivity index (χ0v) is 10.4. The van der Waals surface area contributed by atoms with Crippen LogP contribution in [0.2, 0.25) is 0 Å². The topological polar surface area (TPSA) is 76.3 Å². The lowest BCUT2D eigenvalue weighted by molar-refractivity contribution is 0.448. The predicted octanol–water partition coefficient (Wildman–Crippen LogP) is 0.441. The maximum atomic E-state index is 12.2. The lowest BCUT2D eigenvalue weighted by atomic mass is 10.1. The van der Waals surface area contributed by atoms with Gasteiger partial charge in [-0.05, 0) is 37.4 Å². The fraction of sp³-hybridized carbons (Fsp3) is 0.545. The number of rotatable bonds is 4. The number of hydrogen-bond acceptors (Lipinski definition) is 4. The minimum Gasteiger partial charge on any atom is -0.330 e. The third-order valence-corrected chi connectivity index (χ3v) is 4.94. The zero-order valence-electron chi connectivity index (χ0n) is 9.62. The molecule has 2 rings (SSSR count). The first-order chi connectivity index (χ1) is 8.14. The molecule has 1 aromatic rings. The van der Waals surface area contributed by atoms with Gasteiger partial charge >= 0.3 is 0 Å². The summed E-state index contributed by atoms with van der Waals surface area (Å²) in [5.41, 5.74) is 5.50. The Morgan fingerprint density at radius 2 is 2.35 bits per heavy atom. The molecule has 6 heteroatoms. The predicted molar refractivity (Wildman–Crippen MR) is 64.8 cm³/mol. The van der Waals surface area contributed by atoms with Gasteiger partial charge in [-0.3, -0.25) is 4.98 Å². The van der Waals surface area contributed by atoms with E-state index in [4.69, 9.17) is 5.73 Å². The molecule has 0 radical (unpaired) electrons. The second kappa shape index (κ2) is 5.12. The highest BCUT2D eigenvalue weighted by Crippen LogP contribution is 2.25. The second-order valence-electron chi connectivity index (χ2n) is 4.28. The summed E-state index contributed by atoms with van der Waals surface area (Å²) >= 11 is 0.